The summed E-state index contributed by atoms with van der Waals surface area (Å²) in [5, 5.41) is 12.1. The van der Waals surface area contributed by atoms with Crippen molar-refractivity contribution in [1.82, 2.24) is 20.1 Å². The fraction of sp³-hybridized carbons (Fsp3) is 0.412. The number of thioether (sulfide) groups is 1. The highest BCUT2D eigenvalue weighted by molar-refractivity contribution is 7.99. The Hall–Kier alpha value is -2.06. The number of esters is 1. The summed E-state index contributed by atoms with van der Waals surface area (Å²) in [5.74, 6) is 0.208. The molecule has 9 heteroatoms. The van der Waals surface area contributed by atoms with E-state index in [4.69, 9.17) is 16.3 Å². The molecular formula is C17H21ClN4O3S. The molecule has 1 aromatic carbocycles. The summed E-state index contributed by atoms with van der Waals surface area (Å²) in [6.07, 6.45) is 0.0515. The highest BCUT2D eigenvalue weighted by Crippen LogP contribution is 2.19. The van der Waals surface area contributed by atoms with Gasteiger partial charge in [0.25, 0.3) is 0 Å². The summed E-state index contributed by atoms with van der Waals surface area (Å²) < 4.78 is 6.59. The first-order valence-electron chi connectivity index (χ1n) is 8.12. The maximum atomic E-state index is 12.2. The van der Waals surface area contributed by atoms with Crippen molar-refractivity contribution >= 4 is 35.2 Å². The van der Waals surface area contributed by atoms with Crippen LogP contribution in [-0.4, -0.2) is 39.0 Å². The van der Waals surface area contributed by atoms with Gasteiger partial charge >= 0.3 is 5.97 Å². The van der Waals surface area contributed by atoms with Crippen LogP contribution in [0.4, 0.5) is 0 Å². The predicted octanol–water partition coefficient (Wildman–Crippen LogP) is 2.54. The number of rotatable bonds is 8. The van der Waals surface area contributed by atoms with E-state index in [1.807, 2.05) is 25.1 Å². The van der Waals surface area contributed by atoms with Crippen LogP contribution in [0.2, 0.25) is 5.02 Å². The maximum Gasteiger partial charge on any atom is 0.313 e. The molecule has 0 fully saturated rings. The summed E-state index contributed by atoms with van der Waals surface area (Å²) in [7, 11) is 1.75. The third kappa shape index (κ3) is 5.74. The third-order valence-corrected chi connectivity index (χ3v) is 4.85. The number of halogens is 1. The van der Waals surface area contributed by atoms with Crippen molar-refractivity contribution < 1.29 is 14.3 Å². The SMILES string of the molecule is CCOC(=O)Cc1nnc(SCC(=O)N[C@@H](C)c2cccc(Cl)c2)n1C. The van der Waals surface area contributed by atoms with Crippen molar-refractivity contribution in [3.8, 4) is 0 Å². The van der Waals surface area contributed by atoms with Crippen LogP contribution in [-0.2, 0) is 27.8 Å². The Labute approximate surface area is 161 Å². The van der Waals surface area contributed by atoms with E-state index >= 15 is 0 Å². The molecule has 1 amide bonds. The summed E-state index contributed by atoms with van der Waals surface area (Å²) in [5.41, 5.74) is 0.936. The van der Waals surface area contributed by atoms with Crippen LogP contribution in [0.25, 0.3) is 0 Å². The average molecular weight is 397 g/mol. The number of amides is 1. The van der Waals surface area contributed by atoms with Crippen molar-refractivity contribution in [3.05, 3.63) is 40.7 Å². The van der Waals surface area contributed by atoms with Gasteiger partial charge in [-0.25, -0.2) is 0 Å². The molecule has 0 spiro atoms. The van der Waals surface area contributed by atoms with E-state index < -0.39 is 0 Å². The monoisotopic (exact) mass is 396 g/mol. The second-order valence-corrected chi connectivity index (χ2v) is 6.95. The molecule has 2 aromatic rings. The zero-order valence-corrected chi connectivity index (χ0v) is 16.4. The predicted molar refractivity (Wildman–Crippen MR) is 100 cm³/mol. The molecule has 0 bridgehead atoms. The second kappa shape index (κ2) is 9.59. The number of ether oxygens (including phenoxy) is 1. The van der Waals surface area contributed by atoms with Gasteiger partial charge in [0.2, 0.25) is 5.91 Å². The van der Waals surface area contributed by atoms with Crippen LogP contribution in [0.5, 0.6) is 0 Å². The molecule has 1 heterocycles. The molecule has 0 unspecified atom stereocenters. The van der Waals surface area contributed by atoms with E-state index in [1.54, 1.807) is 24.6 Å². The molecule has 7 nitrogen and oxygen atoms in total. The number of nitrogens with zero attached hydrogens (tertiary/aromatic N) is 3. The van der Waals surface area contributed by atoms with Gasteiger partial charge in [0.05, 0.1) is 18.4 Å². The number of hydrogen-bond donors (Lipinski definition) is 1. The molecule has 1 aromatic heterocycles. The quantitative estimate of drug-likeness (QED) is 0.545. The van der Waals surface area contributed by atoms with E-state index in [-0.39, 0.29) is 30.1 Å². The van der Waals surface area contributed by atoms with E-state index in [1.165, 1.54) is 11.8 Å². The molecular weight excluding hydrogens is 376 g/mol. The van der Waals surface area contributed by atoms with Crippen molar-refractivity contribution in [2.24, 2.45) is 7.05 Å². The van der Waals surface area contributed by atoms with Gasteiger partial charge in [0.15, 0.2) is 5.16 Å². The number of hydrogen-bond acceptors (Lipinski definition) is 6. The first-order valence-corrected chi connectivity index (χ1v) is 9.48. The lowest BCUT2D eigenvalue weighted by Gasteiger charge is -2.14. The largest absolute Gasteiger partial charge is 0.466 e. The van der Waals surface area contributed by atoms with Gasteiger partial charge in [-0.05, 0) is 31.5 Å². The minimum atomic E-state index is -0.354. The molecule has 0 radical (unpaired) electrons. The number of carbonyl (C=O) groups excluding carboxylic acids is 2. The second-order valence-electron chi connectivity index (χ2n) is 5.57. The molecule has 0 saturated carbocycles. The fourth-order valence-corrected chi connectivity index (χ4v) is 3.18. The average Bonchev–Trinajstić information content (AvgIpc) is 2.93. The Bertz CT molecular complexity index is 781. The van der Waals surface area contributed by atoms with E-state index in [9.17, 15) is 9.59 Å². The molecule has 26 heavy (non-hydrogen) atoms. The highest BCUT2D eigenvalue weighted by Gasteiger charge is 2.16. The molecule has 1 N–H and O–H groups in total. The first-order chi connectivity index (χ1) is 12.4. The van der Waals surface area contributed by atoms with Gasteiger partial charge in [-0.3, -0.25) is 9.59 Å². The van der Waals surface area contributed by atoms with Crippen LogP contribution < -0.4 is 5.32 Å². The van der Waals surface area contributed by atoms with E-state index in [0.29, 0.717) is 22.6 Å². The summed E-state index contributed by atoms with van der Waals surface area (Å²) in [4.78, 5) is 23.7. The molecule has 0 saturated heterocycles. The Morgan fingerprint density at radius 2 is 2.15 bits per heavy atom. The van der Waals surface area contributed by atoms with Crippen molar-refractivity contribution in [3.63, 3.8) is 0 Å². The Balaban J connectivity index is 1.87. The van der Waals surface area contributed by atoms with Crippen molar-refractivity contribution in [2.45, 2.75) is 31.5 Å². The van der Waals surface area contributed by atoms with E-state index in [2.05, 4.69) is 15.5 Å². The number of benzene rings is 1. The zero-order chi connectivity index (χ0) is 19.1. The first kappa shape index (κ1) is 20.3. The van der Waals surface area contributed by atoms with Crippen LogP contribution in [0.3, 0.4) is 0 Å². The van der Waals surface area contributed by atoms with E-state index in [0.717, 1.165) is 5.56 Å². The fourth-order valence-electron chi connectivity index (χ4n) is 2.24. The molecule has 140 valence electrons. The standard InChI is InChI=1S/C17H21ClN4O3S/c1-4-25-16(24)9-14-20-21-17(22(14)3)26-10-15(23)19-11(2)12-6-5-7-13(18)8-12/h5-8,11H,4,9-10H2,1-3H3,(H,19,23)/t11-/m0/s1. The van der Waals surface area contributed by atoms with Crippen LogP contribution >= 0.6 is 23.4 Å². The van der Waals surface area contributed by atoms with Gasteiger partial charge in [-0.2, -0.15) is 0 Å². The van der Waals surface area contributed by atoms with Gasteiger partial charge in [-0.15, -0.1) is 10.2 Å². The maximum absolute atomic E-state index is 12.2. The molecule has 0 aliphatic carbocycles. The lowest BCUT2D eigenvalue weighted by Crippen LogP contribution is -2.28. The normalized spacial score (nSPS) is 11.8. The van der Waals surface area contributed by atoms with Gasteiger partial charge in [0, 0.05) is 12.1 Å². The highest BCUT2D eigenvalue weighted by atomic mass is 35.5. The third-order valence-electron chi connectivity index (χ3n) is 3.59. The Morgan fingerprint density at radius 1 is 1.38 bits per heavy atom. The van der Waals surface area contributed by atoms with Crippen molar-refractivity contribution in [1.29, 1.82) is 0 Å². The molecule has 2 rings (SSSR count). The van der Waals surface area contributed by atoms with Gasteiger partial charge < -0.3 is 14.6 Å². The zero-order valence-electron chi connectivity index (χ0n) is 14.9. The lowest BCUT2D eigenvalue weighted by molar-refractivity contribution is -0.142. The topological polar surface area (TPSA) is 86.1 Å². The number of nitrogens with one attached hydrogen (secondary N) is 1. The van der Waals surface area contributed by atoms with Crippen LogP contribution in [0.15, 0.2) is 29.4 Å². The summed E-state index contributed by atoms with van der Waals surface area (Å²) >= 11 is 7.23. The van der Waals surface area contributed by atoms with Gasteiger partial charge in [0.1, 0.15) is 12.2 Å². The van der Waals surface area contributed by atoms with Crippen LogP contribution in [0.1, 0.15) is 31.3 Å². The Kier molecular flexibility index (Phi) is 7.47. The van der Waals surface area contributed by atoms with Crippen LogP contribution in [0, 0.1) is 0 Å². The van der Waals surface area contributed by atoms with Gasteiger partial charge in [-0.1, -0.05) is 35.5 Å². The minimum absolute atomic E-state index is 0.0515. The Morgan fingerprint density at radius 3 is 2.85 bits per heavy atom. The molecule has 0 aliphatic rings. The van der Waals surface area contributed by atoms with Crippen molar-refractivity contribution in [2.75, 3.05) is 12.4 Å². The summed E-state index contributed by atoms with van der Waals surface area (Å²) in [6, 6.07) is 7.22. The minimum Gasteiger partial charge on any atom is -0.466 e. The molecule has 1 atom stereocenters. The number of carbonyl (C=O) groups is 2. The lowest BCUT2D eigenvalue weighted by atomic mass is 10.1. The molecule has 0 aliphatic heterocycles. The number of aromatic nitrogens is 3. The smallest absolute Gasteiger partial charge is 0.313 e. The summed E-state index contributed by atoms with van der Waals surface area (Å²) in [6.45, 7) is 3.97.